The van der Waals surface area contributed by atoms with Gasteiger partial charge in [-0.15, -0.1) is 5.53 Å². The van der Waals surface area contributed by atoms with E-state index in [4.69, 9.17) is 0 Å². The van der Waals surface area contributed by atoms with Crippen LogP contribution in [0.5, 0.6) is 0 Å². The van der Waals surface area contributed by atoms with Crippen molar-refractivity contribution in [1.29, 1.82) is 5.26 Å². The van der Waals surface area contributed by atoms with Gasteiger partial charge in [-0.3, -0.25) is 15.1 Å². The van der Waals surface area contributed by atoms with Crippen molar-refractivity contribution in [2.75, 3.05) is 17.2 Å². The summed E-state index contributed by atoms with van der Waals surface area (Å²) < 4.78 is 23.7. The van der Waals surface area contributed by atoms with Crippen molar-refractivity contribution in [2.45, 2.75) is 45.7 Å². The van der Waals surface area contributed by atoms with Gasteiger partial charge in [0.05, 0.1) is 36.1 Å². The normalized spacial score (nSPS) is 17.0. The molecule has 0 saturated heterocycles. The van der Waals surface area contributed by atoms with Crippen molar-refractivity contribution in [3.63, 3.8) is 0 Å². The maximum atomic E-state index is 13.9. The van der Waals surface area contributed by atoms with Gasteiger partial charge in [-0.1, -0.05) is 32.9 Å². The quantitative estimate of drug-likeness (QED) is 0.198. The standard InChI is InChI=1S/C30H32FN9/c1-30(2,3)17-34-27-19(12-32)13-33-29-24(20-14-35-36-15-20)10-22(11-25(27)29)37-28(18-4-6-21(31)7-5-18)26-16-40(39-38-26)23-8-9-23/h4-7,10-11,13-16,23,28,37-39H,8-9,17H2,1-3H3,(H,33,34)(H,35,36)/t28-/m1/s1/i28D. The maximum absolute atomic E-state index is 13.9. The third-order valence-electron chi connectivity index (χ3n) is 6.90. The lowest BCUT2D eigenvalue weighted by molar-refractivity contribution is 0.260. The molecule has 2 aromatic carbocycles. The van der Waals surface area contributed by atoms with Crippen LogP contribution < -0.4 is 21.6 Å². The molecule has 0 bridgehead atoms. The highest BCUT2D eigenvalue weighted by atomic mass is 19.1. The Labute approximate surface area is 233 Å². The molecule has 1 saturated carbocycles. The van der Waals surface area contributed by atoms with Gasteiger partial charge < -0.3 is 16.1 Å². The Morgan fingerprint density at radius 2 is 2.02 bits per heavy atom. The number of anilines is 2. The van der Waals surface area contributed by atoms with Crippen LogP contribution in [0.15, 0.2) is 66.9 Å². The first-order valence-corrected chi connectivity index (χ1v) is 13.3. The second-order valence-electron chi connectivity index (χ2n) is 11.4. The van der Waals surface area contributed by atoms with Crippen LogP contribution in [0.4, 0.5) is 15.8 Å². The Morgan fingerprint density at radius 1 is 1.23 bits per heavy atom. The number of hydrazine groups is 2. The highest BCUT2D eigenvalue weighted by molar-refractivity contribution is 6.04. The lowest BCUT2D eigenvalue weighted by Crippen LogP contribution is -2.38. The molecule has 1 aliphatic heterocycles. The Bertz CT molecular complexity index is 1650. The van der Waals surface area contributed by atoms with Gasteiger partial charge >= 0.3 is 0 Å². The van der Waals surface area contributed by atoms with Crippen molar-refractivity contribution in [3.8, 4) is 17.2 Å². The van der Waals surface area contributed by atoms with Crippen LogP contribution in [0, 0.1) is 22.6 Å². The Kier molecular flexibility index (Phi) is 6.21. The van der Waals surface area contributed by atoms with E-state index in [1.54, 1.807) is 30.7 Å². The zero-order valence-corrected chi connectivity index (χ0v) is 22.6. The summed E-state index contributed by atoms with van der Waals surface area (Å²) in [6.07, 6.45) is 9.13. The molecule has 10 heteroatoms. The van der Waals surface area contributed by atoms with Crippen LogP contribution in [0.2, 0.25) is 0 Å². The minimum absolute atomic E-state index is 0.0362. The summed E-state index contributed by atoms with van der Waals surface area (Å²) >= 11 is 0. The van der Waals surface area contributed by atoms with Crippen LogP contribution in [-0.4, -0.2) is 32.8 Å². The number of nitrogens with zero attached hydrogens (tertiary/aromatic N) is 4. The molecule has 1 aliphatic carbocycles. The average molecular weight is 539 g/mol. The first-order valence-electron chi connectivity index (χ1n) is 13.8. The summed E-state index contributed by atoms with van der Waals surface area (Å²) in [5, 5.41) is 26.6. The number of hydrogen-bond donors (Lipinski definition) is 5. The molecule has 204 valence electrons. The fourth-order valence-corrected chi connectivity index (χ4v) is 4.68. The number of halogens is 1. The Balaban J connectivity index is 1.52. The summed E-state index contributed by atoms with van der Waals surface area (Å²) in [6.45, 7) is 7.00. The molecule has 40 heavy (non-hydrogen) atoms. The highest BCUT2D eigenvalue weighted by Gasteiger charge is 2.32. The molecule has 2 aromatic heterocycles. The topological polar surface area (TPSA) is 117 Å². The number of rotatable bonds is 8. The van der Waals surface area contributed by atoms with Crippen molar-refractivity contribution in [3.05, 3.63) is 83.8 Å². The van der Waals surface area contributed by atoms with Gasteiger partial charge in [-0.25, -0.2) is 4.39 Å². The van der Waals surface area contributed by atoms with Gasteiger partial charge in [0.1, 0.15) is 11.9 Å². The number of pyridine rings is 1. The van der Waals surface area contributed by atoms with E-state index in [1.807, 2.05) is 23.3 Å². The Hall–Kier alpha value is -4.62. The van der Waals surface area contributed by atoms with Gasteiger partial charge in [0.25, 0.3) is 0 Å². The third kappa shape index (κ3) is 5.28. The van der Waals surface area contributed by atoms with Crippen LogP contribution in [0.3, 0.4) is 0 Å². The molecule has 9 nitrogen and oxygen atoms in total. The lowest BCUT2D eigenvalue weighted by Gasteiger charge is -2.24. The van der Waals surface area contributed by atoms with E-state index < -0.39 is 6.02 Å². The van der Waals surface area contributed by atoms with Crippen LogP contribution in [0.25, 0.3) is 22.0 Å². The number of H-pyrrole nitrogens is 1. The number of fused-ring (bicyclic) bond motifs is 1. The fraction of sp³-hybridized carbons (Fsp3) is 0.300. The molecule has 4 aromatic rings. The predicted molar refractivity (Wildman–Crippen MR) is 154 cm³/mol. The van der Waals surface area contributed by atoms with E-state index in [2.05, 4.69) is 63.6 Å². The summed E-state index contributed by atoms with van der Waals surface area (Å²) in [5.74, 6) is -0.375. The first-order chi connectivity index (χ1) is 19.6. The second-order valence-corrected chi connectivity index (χ2v) is 11.4. The van der Waals surface area contributed by atoms with E-state index in [1.165, 1.54) is 12.1 Å². The maximum Gasteiger partial charge on any atom is 0.123 e. The second kappa shape index (κ2) is 10.2. The molecular weight excluding hydrogens is 505 g/mol. The zero-order valence-electron chi connectivity index (χ0n) is 23.6. The predicted octanol–water partition coefficient (Wildman–Crippen LogP) is 5.58. The van der Waals surface area contributed by atoms with Crippen molar-refractivity contribution >= 4 is 22.3 Å². The minimum Gasteiger partial charge on any atom is -0.383 e. The number of hydrogen-bond acceptors (Lipinski definition) is 8. The molecule has 1 fully saturated rings. The van der Waals surface area contributed by atoms with Crippen LogP contribution in [-0.2, 0) is 0 Å². The number of aromatic nitrogens is 3. The van der Waals surface area contributed by atoms with E-state index in [-0.39, 0.29) is 11.2 Å². The molecule has 0 spiro atoms. The van der Waals surface area contributed by atoms with Crippen molar-refractivity contribution < 1.29 is 5.76 Å². The van der Waals surface area contributed by atoms with E-state index in [0.717, 1.165) is 29.4 Å². The molecular formula is C30H32FN9. The van der Waals surface area contributed by atoms with Gasteiger partial charge in [-0.2, -0.15) is 10.4 Å². The smallest absolute Gasteiger partial charge is 0.123 e. The third-order valence-corrected chi connectivity index (χ3v) is 6.90. The number of aromatic amines is 1. The molecule has 0 unspecified atom stereocenters. The number of nitriles is 1. The van der Waals surface area contributed by atoms with E-state index in [0.29, 0.717) is 46.3 Å². The fourth-order valence-electron chi connectivity index (χ4n) is 4.68. The molecule has 3 heterocycles. The molecule has 0 radical (unpaired) electrons. The number of benzene rings is 2. The first kappa shape index (κ1) is 24.4. The van der Waals surface area contributed by atoms with E-state index in [9.17, 15) is 11.0 Å². The Morgan fingerprint density at radius 3 is 2.70 bits per heavy atom. The number of nitrogens with one attached hydrogen (secondary N) is 5. The minimum atomic E-state index is -1.51. The highest BCUT2D eigenvalue weighted by Crippen LogP contribution is 2.38. The molecule has 0 amide bonds. The average Bonchev–Trinajstić information content (AvgIpc) is 3.42. The molecule has 2 aliphatic rings. The monoisotopic (exact) mass is 538 g/mol. The largest absolute Gasteiger partial charge is 0.383 e. The summed E-state index contributed by atoms with van der Waals surface area (Å²) in [4.78, 5) is 4.67. The molecule has 6 rings (SSSR count). The van der Waals surface area contributed by atoms with Crippen LogP contribution >= 0.6 is 0 Å². The van der Waals surface area contributed by atoms with Gasteiger partial charge in [-0.05, 0) is 48.1 Å². The summed E-state index contributed by atoms with van der Waals surface area (Å²) in [7, 11) is 0. The lowest BCUT2D eigenvalue weighted by atomic mass is 9.95. The molecule has 1 atom stereocenters. The summed E-state index contributed by atoms with van der Waals surface area (Å²) in [6, 6.07) is 10.9. The zero-order chi connectivity index (χ0) is 28.8. The van der Waals surface area contributed by atoms with Gasteiger partial charge in [0.2, 0.25) is 0 Å². The summed E-state index contributed by atoms with van der Waals surface area (Å²) in [5.41, 5.74) is 11.4. The van der Waals surface area contributed by atoms with Crippen molar-refractivity contribution in [2.24, 2.45) is 5.41 Å². The molecule has 5 N–H and O–H groups in total. The van der Waals surface area contributed by atoms with Crippen molar-refractivity contribution in [1.82, 2.24) is 31.2 Å². The van der Waals surface area contributed by atoms with E-state index >= 15 is 0 Å². The SMILES string of the molecule is [2H][C@](Nc1cc(-c2cn[nH]c2)c2ncc(C#N)c(NCC(C)(C)C)c2c1)(C1=CN(C2CC2)NN1)c1ccc(F)cc1. The van der Waals surface area contributed by atoms with Gasteiger partial charge in [0, 0.05) is 53.4 Å². The van der Waals surface area contributed by atoms with Gasteiger partial charge in [0.15, 0.2) is 0 Å². The van der Waals surface area contributed by atoms with Crippen LogP contribution in [0.1, 0.15) is 52.1 Å².